The smallest absolute Gasteiger partial charge is 0.311 e. The summed E-state index contributed by atoms with van der Waals surface area (Å²) < 4.78 is 66.2. The Labute approximate surface area is 241 Å². The third kappa shape index (κ3) is 17.0. The molecule has 0 saturated carbocycles. The van der Waals surface area contributed by atoms with E-state index in [1.54, 1.807) is 34.6 Å². The minimum Gasteiger partial charge on any atom is -0.311 e. The lowest BCUT2D eigenvalue weighted by atomic mass is 10.5. The Kier molecular flexibility index (Phi) is 20.3. The van der Waals surface area contributed by atoms with Crippen molar-refractivity contribution < 1.29 is 40.8 Å². The highest BCUT2D eigenvalue weighted by atomic mass is 35.5. The standard InChI is InChI=1S/C19H38Cl5O9P3/c1-13(20)8-27-34(32-18(6)35(25,28-9-14(2)21)29-10-15(3)22)33-19(7)36(26,30-11-16(4)23)31-12-17(5)24/h13-19H,8-12H2,1-7H3. The fourth-order valence-corrected chi connectivity index (χ4v) is 7.80. The van der Waals surface area contributed by atoms with Gasteiger partial charge in [-0.05, 0) is 48.5 Å². The molecular formula is C19H38Cl5O9P3. The first-order valence-electron chi connectivity index (χ1n) is 11.2. The molecule has 218 valence electrons. The second-order valence-corrected chi connectivity index (χ2v) is 17.6. The maximum atomic E-state index is 13.5. The second-order valence-electron chi connectivity index (χ2n) is 8.10. The van der Waals surface area contributed by atoms with Gasteiger partial charge >= 0.3 is 23.8 Å². The Balaban J connectivity index is 5.75. The third-order valence-corrected chi connectivity index (χ3v) is 10.0. The Morgan fingerprint density at radius 3 is 1.00 bits per heavy atom. The van der Waals surface area contributed by atoms with Crippen LogP contribution < -0.4 is 0 Å². The van der Waals surface area contributed by atoms with Crippen LogP contribution in [0.2, 0.25) is 0 Å². The van der Waals surface area contributed by atoms with Crippen LogP contribution in [0.5, 0.6) is 0 Å². The van der Waals surface area contributed by atoms with E-state index in [2.05, 4.69) is 0 Å². The van der Waals surface area contributed by atoms with Crippen molar-refractivity contribution in [2.45, 2.75) is 87.0 Å². The Morgan fingerprint density at radius 1 is 0.528 bits per heavy atom. The van der Waals surface area contributed by atoms with Gasteiger partial charge in [0, 0.05) is 0 Å². The van der Waals surface area contributed by atoms with Crippen molar-refractivity contribution >= 4 is 81.8 Å². The van der Waals surface area contributed by atoms with Crippen LogP contribution in [0.25, 0.3) is 0 Å². The van der Waals surface area contributed by atoms with Gasteiger partial charge in [0.05, 0.1) is 59.9 Å². The van der Waals surface area contributed by atoms with Gasteiger partial charge in [0.2, 0.25) is 0 Å². The molecule has 7 atom stereocenters. The molecular weight excluding hydrogens is 642 g/mol. The van der Waals surface area contributed by atoms with Crippen LogP contribution in [0.1, 0.15) is 48.5 Å². The van der Waals surface area contributed by atoms with Crippen LogP contribution in [0.15, 0.2) is 0 Å². The molecule has 0 spiro atoms. The van der Waals surface area contributed by atoms with E-state index in [9.17, 15) is 9.13 Å². The van der Waals surface area contributed by atoms with E-state index in [-0.39, 0.29) is 33.0 Å². The van der Waals surface area contributed by atoms with E-state index in [4.69, 9.17) is 89.7 Å². The predicted molar refractivity (Wildman–Crippen MR) is 150 cm³/mol. The number of halogens is 5. The van der Waals surface area contributed by atoms with Crippen molar-refractivity contribution in [2.24, 2.45) is 0 Å². The van der Waals surface area contributed by atoms with Crippen molar-refractivity contribution in [3.63, 3.8) is 0 Å². The summed E-state index contributed by atoms with van der Waals surface area (Å²) in [7, 11) is -10.1. The molecule has 0 aromatic heterocycles. The van der Waals surface area contributed by atoms with E-state index in [1.807, 2.05) is 0 Å². The van der Waals surface area contributed by atoms with Crippen molar-refractivity contribution in [2.75, 3.05) is 33.0 Å². The Hall–Kier alpha value is 2.06. The summed E-state index contributed by atoms with van der Waals surface area (Å²) in [6.07, 6.45) is 0. The van der Waals surface area contributed by atoms with E-state index in [0.29, 0.717) is 0 Å². The zero-order chi connectivity index (χ0) is 28.1. The average molecular weight is 681 g/mol. The third-order valence-electron chi connectivity index (χ3n) is 3.71. The fraction of sp³-hybridized carbons (Fsp3) is 1.00. The predicted octanol–water partition coefficient (Wildman–Crippen LogP) is 8.54. The molecule has 0 aromatic carbocycles. The van der Waals surface area contributed by atoms with Crippen LogP contribution in [0, 0.1) is 0 Å². The number of alkyl halides is 5. The van der Waals surface area contributed by atoms with Crippen molar-refractivity contribution in [3.05, 3.63) is 0 Å². The first-order valence-corrected chi connectivity index (χ1v) is 17.7. The summed E-state index contributed by atoms with van der Waals surface area (Å²) in [5.74, 6) is -2.33. The van der Waals surface area contributed by atoms with Crippen LogP contribution in [-0.2, 0) is 40.8 Å². The molecule has 0 aliphatic rings. The number of hydrogen-bond donors (Lipinski definition) is 0. The number of rotatable bonds is 21. The highest BCUT2D eigenvalue weighted by Gasteiger charge is 2.41. The van der Waals surface area contributed by atoms with Gasteiger partial charge in [-0.25, -0.2) is 0 Å². The normalized spacial score (nSPS) is 22.4. The van der Waals surface area contributed by atoms with Crippen molar-refractivity contribution in [3.8, 4) is 0 Å². The Bertz CT molecular complexity index is 607. The molecule has 0 aromatic rings. The summed E-state index contributed by atoms with van der Waals surface area (Å²) in [5, 5.41) is -2.18. The van der Waals surface area contributed by atoms with E-state index < -0.39 is 62.4 Å². The molecule has 0 N–H and O–H groups in total. The van der Waals surface area contributed by atoms with Gasteiger partial charge in [0.1, 0.15) is 0 Å². The van der Waals surface area contributed by atoms with Crippen molar-refractivity contribution in [1.29, 1.82) is 0 Å². The van der Waals surface area contributed by atoms with Gasteiger partial charge in [0.25, 0.3) is 0 Å². The molecule has 0 aliphatic heterocycles. The summed E-state index contributed by atoms with van der Waals surface area (Å²) in [5.41, 5.74) is 0. The van der Waals surface area contributed by atoms with Crippen LogP contribution in [0.3, 0.4) is 0 Å². The summed E-state index contributed by atoms with van der Waals surface area (Å²) in [4.78, 5) is 0. The van der Waals surface area contributed by atoms with E-state index in [0.717, 1.165) is 0 Å². The molecule has 0 saturated heterocycles. The van der Waals surface area contributed by atoms with Gasteiger partial charge in [0.15, 0.2) is 11.7 Å². The molecule has 0 rings (SSSR count). The molecule has 0 aliphatic carbocycles. The lowest BCUT2D eigenvalue weighted by Gasteiger charge is -2.30. The minimum absolute atomic E-state index is 0.0135. The maximum absolute atomic E-state index is 13.5. The van der Waals surface area contributed by atoms with Gasteiger partial charge < -0.3 is 22.6 Å². The second kappa shape index (κ2) is 19.2. The molecule has 0 radical (unpaired) electrons. The van der Waals surface area contributed by atoms with Gasteiger partial charge in [-0.3, -0.25) is 18.2 Å². The Morgan fingerprint density at radius 2 is 0.778 bits per heavy atom. The molecule has 36 heavy (non-hydrogen) atoms. The summed E-state index contributed by atoms with van der Waals surface area (Å²) in [6, 6.07) is 0. The molecule has 0 amide bonds. The molecule has 0 heterocycles. The number of hydrogen-bond acceptors (Lipinski definition) is 9. The van der Waals surface area contributed by atoms with E-state index in [1.165, 1.54) is 13.8 Å². The first-order chi connectivity index (χ1) is 16.5. The molecule has 9 nitrogen and oxygen atoms in total. The topological polar surface area (TPSA) is 98.8 Å². The lowest BCUT2D eigenvalue weighted by Crippen LogP contribution is -2.20. The lowest BCUT2D eigenvalue weighted by molar-refractivity contribution is 0.103. The minimum atomic E-state index is -3.89. The summed E-state index contributed by atoms with van der Waals surface area (Å²) in [6.45, 7) is 11.1. The zero-order valence-electron chi connectivity index (χ0n) is 21.5. The fourth-order valence-electron chi connectivity index (χ4n) is 1.93. The van der Waals surface area contributed by atoms with Crippen molar-refractivity contribution in [1.82, 2.24) is 0 Å². The van der Waals surface area contributed by atoms with Gasteiger partial charge in [-0.15, -0.1) is 58.0 Å². The molecule has 0 bridgehead atoms. The molecule has 7 unspecified atom stereocenters. The summed E-state index contributed by atoms with van der Waals surface area (Å²) >= 11 is 29.9. The van der Waals surface area contributed by atoms with Crippen LogP contribution >= 0.6 is 81.8 Å². The van der Waals surface area contributed by atoms with E-state index >= 15 is 0 Å². The zero-order valence-corrected chi connectivity index (χ0v) is 27.9. The first kappa shape index (κ1) is 38.1. The van der Waals surface area contributed by atoms with Gasteiger partial charge in [-0.1, -0.05) is 0 Å². The quantitative estimate of drug-likeness (QED) is 0.0873. The highest BCUT2D eigenvalue weighted by molar-refractivity contribution is 7.56. The van der Waals surface area contributed by atoms with Gasteiger partial charge in [-0.2, -0.15) is 0 Å². The molecule has 0 fully saturated rings. The van der Waals surface area contributed by atoms with Crippen LogP contribution in [-0.4, -0.2) is 71.6 Å². The maximum Gasteiger partial charge on any atom is 0.359 e. The highest BCUT2D eigenvalue weighted by Crippen LogP contribution is 2.62. The molecule has 17 heteroatoms. The average Bonchev–Trinajstić information content (AvgIpc) is 2.76. The largest absolute Gasteiger partial charge is 0.359 e. The SMILES string of the molecule is CC(Cl)COP(OC(C)P(=O)(OCC(C)Cl)OCC(C)Cl)OC(C)P(=O)(OCC(C)Cl)OCC(C)Cl. The van der Waals surface area contributed by atoms with Crippen LogP contribution in [0.4, 0.5) is 0 Å². The monoisotopic (exact) mass is 678 g/mol.